The molecule has 1 unspecified atom stereocenters. The highest BCUT2D eigenvalue weighted by molar-refractivity contribution is 5.75. The Morgan fingerprint density at radius 1 is 1.28 bits per heavy atom. The molecule has 0 spiro atoms. The van der Waals surface area contributed by atoms with E-state index in [1.165, 1.54) is 6.92 Å². The molecule has 0 bridgehead atoms. The number of carbonyl (C=O) groups excluding carboxylic acids is 1. The van der Waals surface area contributed by atoms with E-state index in [1.807, 2.05) is 43.3 Å². The molecule has 0 aliphatic rings. The Morgan fingerprint density at radius 3 is 2.22 bits per heavy atom. The maximum absolute atomic E-state index is 11.1. The van der Waals surface area contributed by atoms with Gasteiger partial charge in [-0.1, -0.05) is 12.1 Å². The smallest absolute Gasteiger partial charge is 0.305 e. The van der Waals surface area contributed by atoms with Crippen LogP contribution in [0.25, 0.3) is 0 Å². The minimum atomic E-state index is -0.939. The fraction of sp³-hybridized carbons (Fsp3) is 0.385. The van der Waals surface area contributed by atoms with Crippen molar-refractivity contribution in [1.29, 1.82) is 0 Å². The van der Waals surface area contributed by atoms with Crippen molar-refractivity contribution in [2.24, 2.45) is 0 Å². The van der Waals surface area contributed by atoms with Gasteiger partial charge in [-0.25, -0.2) is 0 Å². The first kappa shape index (κ1) is 14.0. The van der Waals surface area contributed by atoms with Crippen molar-refractivity contribution in [3.63, 3.8) is 0 Å². The van der Waals surface area contributed by atoms with Crippen LogP contribution < -0.4 is 10.2 Å². The summed E-state index contributed by atoms with van der Waals surface area (Å²) in [4.78, 5) is 23.8. The molecule has 0 saturated heterocycles. The molecule has 18 heavy (non-hydrogen) atoms. The number of amides is 1. The van der Waals surface area contributed by atoms with Gasteiger partial charge in [-0.05, 0) is 17.7 Å². The molecule has 1 atom stereocenters. The van der Waals surface area contributed by atoms with E-state index in [-0.39, 0.29) is 12.3 Å². The molecular formula is C13H18N2O3. The number of hydrogen-bond donors (Lipinski definition) is 2. The van der Waals surface area contributed by atoms with Crippen molar-refractivity contribution in [3.05, 3.63) is 29.8 Å². The molecule has 1 rings (SSSR count). The zero-order chi connectivity index (χ0) is 13.7. The van der Waals surface area contributed by atoms with Crippen LogP contribution in [0.3, 0.4) is 0 Å². The van der Waals surface area contributed by atoms with Crippen molar-refractivity contribution < 1.29 is 14.7 Å². The first-order chi connectivity index (χ1) is 8.40. The molecule has 1 amide bonds. The number of rotatable bonds is 5. The highest BCUT2D eigenvalue weighted by Crippen LogP contribution is 2.20. The van der Waals surface area contributed by atoms with E-state index in [0.29, 0.717) is 0 Å². The van der Waals surface area contributed by atoms with Crippen LogP contribution in [-0.4, -0.2) is 31.1 Å². The minimum absolute atomic E-state index is 0.124. The molecule has 5 heteroatoms. The minimum Gasteiger partial charge on any atom is -0.481 e. The van der Waals surface area contributed by atoms with E-state index in [1.54, 1.807) is 0 Å². The van der Waals surface area contributed by atoms with Crippen LogP contribution in [0.15, 0.2) is 24.3 Å². The number of hydrogen-bond acceptors (Lipinski definition) is 3. The lowest BCUT2D eigenvalue weighted by Gasteiger charge is -2.18. The molecule has 0 aliphatic heterocycles. The average Bonchev–Trinajstić information content (AvgIpc) is 2.27. The van der Waals surface area contributed by atoms with Gasteiger partial charge in [0.1, 0.15) is 0 Å². The van der Waals surface area contributed by atoms with E-state index in [0.717, 1.165) is 11.3 Å². The quantitative estimate of drug-likeness (QED) is 0.829. The van der Waals surface area contributed by atoms with Crippen molar-refractivity contribution >= 4 is 17.6 Å². The Balaban J connectivity index is 2.90. The third kappa shape index (κ3) is 4.08. The fourth-order valence-corrected chi connectivity index (χ4v) is 1.68. The molecule has 0 fully saturated rings. The number of nitrogens with zero attached hydrogens (tertiary/aromatic N) is 1. The monoisotopic (exact) mass is 250 g/mol. The van der Waals surface area contributed by atoms with Gasteiger partial charge in [0.2, 0.25) is 5.91 Å². The second kappa shape index (κ2) is 6.05. The van der Waals surface area contributed by atoms with E-state index in [9.17, 15) is 9.59 Å². The predicted molar refractivity (Wildman–Crippen MR) is 69.6 cm³/mol. The summed E-state index contributed by atoms with van der Waals surface area (Å²) in [7, 11) is 3.86. The maximum atomic E-state index is 11.1. The lowest BCUT2D eigenvalue weighted by Crippen LogP contribution is -2.28. The third-order valence-corrected chi connectivity index (χ3v) is 2.57. The topological polar surface area (TPSA) is 69.6 Å². The van der Waals surface area contributed by atoms with Gasteiger partial charge >= 0.3 is 5.97 Å². The maximum Gasteiger partial charge on any atom is 0.305 e. The van der Waals surface area contributed by atoms with Crippen LogP contribution in [0.4, 0.5) is 5.69 Å². The number of carboxylic acids is 1. The van der Waals surface area contributed by atoms with Gasteiger partial charge in [-0.2, -0.15) is 0 Å². The van der Waals surface area contributed by atoms with Gasteiger partial charge in [0, 0.05) is 26.7 Å². The fourth-order valence-electron chi connectivity index (χ4n) is 1.68. The van der Waals surface area contributed by atoms with Gasteiger partial charge in [-0.3, -0.25) is 9.59 Å². The molecule has 5 nitrogen and oxygen atoms in total. The largest absolute Gasteiger partial charge is 0.481 e. The Kier molecular flexibility index (Phi) is 4.71. The summed E-state index contributed by atoms with van der Waals surface area (Å²) < 4.78 is 0. The van der Waals surface area contributed by atoms with Crippen LogP contribution in [0.1, 0.15) is 24.9 Å². The number of anilines is 1. The van der Waals surface area contributed by atoms with Crippen LogP contribution in [0.5, 0.6) is 0 Å². The molecular weight excluding hydrogens is 232 g/mol. The van der Waals surface area contributed by atoms with Crippen molar-refractivity contribution in [2.45, 2.75) is 19.4 Å². The Labute approximate surface area is 106 Å². The highest BCUT2D eigenvalue weighted by Gasteiger charge is 2.16. The van der Waals surface area contributed by atoms with Gasteiger partial charge in [0.25, 0.3) is 0 Å². The first-order valence-electron chi connectivity index (χ1n) is 5.66. The molecule has 0 saturated carbocycles. The summed E-state index contributed by atoms with van der Waals surface area (Å²) in [6, 6.07) is 6.96. The van der Waals surface area contributed by atoms with E-state index in [4.69, 9.17) is 5.11 Å². The molecule has 1 aromatic rings. The van der Waals surface area contributed by atoms with E-state index >= 15 is 0 Å². The van der Waals surface area contributed by atoms with Crippen molar-refractivity contribution in [1.82, 2.24) is 5.32 Å². The SMILES string of the molecule is CC(=O)NC(CC(=O)O)c1ccc(N(C)C)cc1. The molecule has 2 N–H and O–H groups in total. The summed E-state index contributed by atoms with van der Waals surface area (Å²) in [5.74, 6) is -1.18. The van der Waals surface area contributed by atoms with Gasteiger partial charge < -0.3 is 15.3 Å². The number of benzene rings is 1. The van der Waals surface area contributed by atoms with Gasteiger partial charge in [0.15, 0.2) is 0 Å². The first-order valence-corrected chi connectivity index (χ1v) is 5.66. The van der Waals surface area contributed by atoms with E-state index in [2.05, 4.69) is 5.32 Å². The van der Waals surface area contributed by atoms with Gasteiger partial charge in [-0.15, -0.1) is 0 Å². The van der Waals surface area contributed by atoms with Gasteiger partial charge in [0.05, 0.1) is 12.5 Å². The van der Waals surface area contributed by atoms with Crippen LogP contribution in [0, 0.1) is 0 Å². The summed E-state index contributed by atoms with van der Waals surface area (Å²) in [5, 5.41) is 11.5. The predicted octanol–water partition coefficient (Wildman–Crippen LogP) is 1.40. The summed E-state index contributed by atoms with van der Waals surface area (Å²) in [6.45, 7) is 1.38. The lowest BCUT2D eigenvalue weighted by atomic mass is 10.0. The number of carboxylic acid groups (broad SMARTS) is 1. The molecule has 0 aliphatic carbocycles. The van der Waals surface area contributed by atoms with Crippen LogP contribution in [-0.2, 0) is 9.59 Å². The summed E-state index contributed by atoms with van der Waals surface area (Å²) in [5.41, 5.74) is 1.81. The van der Waals surface area contributed by atoms with Crippen molar-refractivity contribution in [3.8, 4) is 0 Å². The van der Waals surface area contributed by atoms with Crippen LogP contribution >= 0.6 is 0 Å². The highest BCUT2D eigenvalue weighted by atomic mass is 16.4. The number of nitrogens with one attached hydrogen (secondary N) is 1. The lowest BCUT2D eigenvalue weighted by molar-refractivity contribution is -0.137. The second-order valence-electron chi connectivity index (χ2n) is 4.34. The number of carbonyl (C=O) groups is 2. The standard InChI is InChI=1S/C13H18N2O3/c1-9(16)14-12(8-13(17)18)10-4-6-11(7-5-10)15(2)3/h4-7,12H,8H2,1-3H3,(H,14,16)(H,17,18). The zero-order valence-electron chi connectivity index (χ0n) is 10.8. The molecule has 1 aromatic carbocycles. The molecule has 0 heterocycles. The normalized spacial score (nSPS) is 11.7. The van der Waals surface area contributed by atoms with Crippen LogP contribution in [0.2, 0.25) is 0 Å². The number of aliphatic carboxylic acids is 1. The summed E-state index contributed by atoms with van der Waals surface area (Å²) in [6.07, 6.45) is -0.124. The molecule has 0 aromatic heterocycles. The zero-order valence-corrected chi connectivity index (χ0v) is 10.8. The Hall–Kier alpha value is -2.04. The average molecular weight is 250 g/mol. The molecule has 0 radical (unpaired) electrons. The summed E-state index contributed by atoms with van der Waals surface area (Å²) >= 11 is 0. The van der Waals surface area contributed by atoms with Crippen molar-refractivity contribution in [2.75, 3.05) is 19.0 Å². The van der Waals surface area contributed by atoms with E-state index < -0.39 is 12.0 Å². The Bertz CT molecular complexity index is 410. The molecule has 98 valence electrons. The Morgan fingerprint density at radius 2 is 1.83 bits per heavy atom. The second-order valence-corrected chi connectivity index (χ2v) is 4.34. The third-order valence-electron chi connectivity index (χ3n) is 2.57.